The minimum atomic E-state index is -4.28. The first kappa shape index (κ1) is 17.5. The van der Waals surface area contributed by atoms with E-state index in [-0.39, 0.29) is 13.0 Å². The molecule has 1 aromatic carbocycles. The molecule has 0 aliphatic carbocycles. The van der Waals surface area contributed by atoms with Crippen molar-refractivity contribution in [2.24, 2.45) is 0 Å². The third-order valence-electron chi connectivity index (χ3n) is 3.08. The van der Waals surface area contributed by atoms with Gasteiger partial charge in [-0.3, -0.25) is 4.55 Å². The number of aliphatic hydroxyl groups excluding tert-OH is 1. The fourth-order valence-electron chi connectivity index (χ4n) is 1.94. The lowest BCUT2D eigenvalue weighted by Crippen LogP contribution is -2.38. The predicted molar refractivity (Wildman–Crippen MR) is 79.7 cm³/mol. The van der Waals surface area contributed by atoms with Crippen molar-refractivity contribution >= 4 is 15.8 Å². The first-order valence-electron chi connectivity index (χ1n) is 6.43. The molecule has 0 fully saturated rings. The zero-order valence-corrected chi connectivity index (χ0v) is 13.1. The Bertz CT molecular complexity index is 538. The number of ether oxygens (including phenoxy) is 2. The zero-order chi connectivity index (χ0) is 16.0. The highest BCUT2D eigenvalue weighted by molar-refractivity contribution is 7.86. The molecule has 0 aliphatic rings. The largest absolute Gasteiger partial charge is 0.497 e. The zero-order valence-electron chi connectivity index (χ0n) is 12.2. The Kier molecular flexibility index (Phi) is 6.25. The van der Waals surface area contributed by atoms with Gasteiger partial charge in [-0.1, -0.05) is 6.92 Å². The number of nitrogens with one attached hydrogen (secondary N) is 1. The van der Waals surface area contributed by atoms with E-state index in [0.717, 1.165) is 0 Å². The molecule has 0 aliphatic heterocycles. The Morgan fingerprint density at radius 1 is 1.19 bits per heavy atom. The van der Waals surface area contributed by atoms with Gasteiger partial charge in [0, 0.05) is 30.4 Å². The summed E-state index contributed by atoms with van der Waals surface area (Å²) in [5.74, 6) is 1.13. The maximum atomic E-state index is 11.1. The molecular weight excluding hydrogens is 298 g/mol. The monoisotopic (exact) mass is 319 g/mol. The molecule has 0 bridgehead atoms. The van der Waals surface area contributed by atoms with Crippen LogP contribution in [-0.4, -0.2) is 50.2 Å². The number of benzene rings is 1. The number of anilines is 1. The third-order valence-corrected chi connectivity index (χ3v) is 4.49. The van der Waals surface area contributed by atoms with Gasteiger partial charge >= 0.3 is 0 Å². The number of hydrogen-bond acceptors (Lipinski definition) is 6. The van der Waals surface area contributed by atoms with Crippen LogP contribution in [0.5, 0.6) is 11.5 Å². The van der Waals surface area contributed by atoms with Crippen LogP contribution >= 0.6 is 0 Å². The van der Waals surface area contributed by atoms with Gasteiger partial charge in [0.2, 0.25) is 0 Å². The summed E-state index contributed by atoms with van der Waals surface area (Å²) in [6.07, 6.45) is -1.12. The molecule has 0 amide bonds. The average Bonchev–Trinajstić information content (AvgIpc) is 2.43. The Morgan fingerprint density at radius 3 is 2.10 bits per heavy atom. The molecule has 8 heteroatoms. The number of hydrogen-bond donors (Lipinski definition) is 3. The Morgan fingerprint density at radius 2 is 1.71 bits per heavy atom. The molecule has 2 atom stereocenters. The number of methoxy groups -OCH3 is 2. The van der Waals surface area contributed by atoms with Crippen LogP contribution in [0, 0.1) is 0 Å². The second-order valence-electron chi connectivity index (χ2n) is 4.51. The highest BCUT2D eigenvalue weighted by Crippen LogP contribution is 2.25. The van der Waals surface area contributed by atoms with E-state index in [4.69, 9.17) is 14.0 Å². The molecule has 0 radical (unpaired) electrons. The van der Waals surface area contributed by atoms with Gasteiger partial charge in [0.05, 0.1) is 20.3 Å². The van der Waals surface area contributed by atoms with Crippen LogP contribution in [0.3, 0.4) is 0 Å². The fraction of sp³-hybridized carbons (Fsp3) is 0.538. The standard InChI is InChI=1S/C13H21NO6S/c1-4-13(21(16,17)18)12(15)8-14-9-5-10(19-2)7-11(6-9)20-3/h5-7,12-15H,4,8H2,1-3H3,(H,16,17,18). The molecule has 7 nitrogen and oxygen atoms in total. The van der Waals surface area contributed by atoms with E-state index in [1.807, 2.05) is 0 Å². The summed E-state index contributed by atoms with van der Waals surface area (Å²) in [7, 11) is -1.26. The molecule has 120 valence electrons. The summed E-state index contributed by atoms with van der Waals surface area (Å²) >= 11 is 0. The molecule has 0 saturated heterocycles. The number of aliphatic hydroxyl groups is 1. The Balaban J connectivity index is 2.78. The van der Waals surface area contributed by atoms with Crippen LogP contribution in [0.4, 0.5) is 5.69 Å². The molecule has 0 spiro atoms. The molecule has 3 N–H and O–H groups in total. The molecule has 0 heterocycles. The van der Waals surface area contributed by atoms with E-state index in [2.05, 4.69) is 5.32 Å². The SMILES string of the molecule is CCC(C(O)CNc1cc(OC)cc(OC)c1)S(=O)(=O)O. The topological polar surface area (TPSA) is 105 Å². The second-order valence-corrected chi connectivity index (χ2v) is 6.15. The summed E-state index contributed by atoms with van der Waals surface area (Å²) in [5.41, 5.74) is 0.607. The molecule has 1 aromatic rings. The highest BCUT2D eigenvalue weighted by atomic mass is 32.2. The van der Waals surface area contributed by atoms with Gasteiger partial charge in [-0.05, 0) is 6.42 Å². The van der Waals surface area contributed by atoms with Crippen molar-refractivity contribution < 1.29 is 27.6 Å². The van der Waals surface area contributed by atoms with Crippen LogP contribution in [0.15, 0.2) is 18.2 Å². The van der Waals surface area contributed by atoms with E-state index in [0.29, 0.717) is 17.2 Å². The minimum absolute atomic E-state index is 0.0331. The first-order chi connectivity index (χ1) is 9.81. The third kappa shape index (κ3) is 5.07. The van der Waals surface area contributed by atoms with E-state index >= 15 is 0 Å². The van der Waals surface area contributed by atoms with E-state index in [9.17, 15) is 13.5 Å². The van der Waals surface area contributed by atoms with Crippen LogP contribution in [0.1, 0.15) is 13.3 Å². The minimum Gasteiger partial charge on any atom is -0.497 e. The lowest BCUT2D eigenvalue weighted by molar-refractivity contribution is 0.175. The van der Waals surface area contributed by atoms with Gasteiger partial charge in [-0.25, -0.2) is 0 Å². The summed E-state index contributed by atoms with van der Waals surface area (Å²) in [5, 5.41) is 11.6. The summed E-state index contributed by atoms with van der Waals surface area (Å²) in [6.45, 7) is 1.55. The van der Waals surface area contributed by atoms with Crippen molar-refractivity contribution in [2.75, 3.05) is 26.1 Å². The smallest absolute Gasteiger partial charge is 0.270 e. The van der Waals surface area contributed by atoms with E-state index < -0.39 is 21.5 Å². The fourth-order valence-corrected chi connectivity index (χ4v) is 2.86. The van der Waals surface area contributed by atoms with Crippen molar-refractivity contribution in [2.45, 2.75) is 24.7 Å². The van der Waals surface area contributed by atoms with Crippen LogP contribution in [-0.2, 0) is 10.1 Å². The molecular formula is C13H21NO6S. The van der Waals surface area contributed by atoms with E-state index in [1.54, 1.807) is 25.1 Å². The molecule has 2 unspecified atom stereocenters. The van der Waals surface area contributed by atoms with Gasteiger partial charge in [0.25, 0.3) is 10.1 Å². The summed E-state index contributed by atoms with van der Waals surface area (Å²) < 4.78 is 41.6. The maximum absolute atomic E-state index is 11.1. The molecule has 0 aromatic heterocycles. The first-order valence-corrected chi connectivity index (χ1v) is 7.93. The molecule has 1 rings (SSSR count). The van der Waals surface area contributed by atoms with Gasteiger partial charge in [-0.15, -0.1) is 0 Å². The van der Waals surface area contributed by atoms with Crippen molar-refractivity contribution in [3.8, 4) is 11.5 Å². The van der Waals surface area contributed by atoms with Crippen molar-refractivity contribution in [3.05, 3.63) is 18.2 Å². The quantitative estimate of drug-likeness (QED) is 0.617. The second kappa shape index (κ2) is 7.48. The summed E-state index contributed by atoms with van der Waals surface area (Å²) in [6, 6.07) is 5.06. The van der Waals surface area contributed by atoms with Crippen LogP contribution in [0.2, 0.25) is 0 Å². The number of rotatable bonds is 8. The predicted octanol–water partition coefficient (Wildman–Crippen LogP) is 1.14. The van der Waals surface area contributed by atoms with Gasteiger partial charge < -0.3 is 19.9 Å². The van der Waals surface area contributed by atoms with Crippen molar-refractivity contribution in [1.82, 2.24) is 0 Å². The van der Waals surface area contributed by atoms with Crippen LogP contribution < -0.4 is 14.8 Å². The van der Waals surface area contributed by atoms with Gasteiger partial charge in [-0.2, -0.15) is 8.42 Å². The lowest BCUT2D eigenvalue weighted by atomic mass is 10.2. The lowest BCUT2D eigenvalue weighted by Gasteiger charge is -2.20. The molecule has 0 saturated carbocycles. The van der Waals surface area contributed by atoms with E-state index in [1.165, 1.54) is 14.2 Å². The van der Waals surface area contributed by atoms with Crippen molar-refractivity contribution in [1.29, 1.82) is 0 Å². The highest BCUT2D eigenvalue weighted by Gasteiger charge is 2.28. The average molecular weight is 319 g/mol. The maximum Gasteiger partial charge on any atom is 0.270 e. The normalized spacial score (nSPS) is 14.3. The van der Waals surface area contributed by atoms with Gasteiger partial charge in [0.1, 0.15) is 16.7 Å². The molecule has 21 heavy (non-hydrogen) atoms. The Labute approximate surface area is 124 Å². The van der Waals surface area contributed by atoms with Crippen LogP contribution in [0.25, 0.3) is 0 Å². The van der Waals surface area contributed by atoms with Crippen molar-refractivity contribution in [3.63, 3.8) is 0 Å². The summed E-state index contributed by atoms with van der Waals surface area (Å²) in [4.78, 5) is 0. The Hall–Kier alpha value is -1.51. The van der Waals surface area contributed by atoms with Gasteiger partial charge in [0.15, 0.2) is 0 Å².